The number of aryl methyl sites for hydroxylation is 1. The number of para-hydroxylation sites is 2. The van der Waals surface area contributed by atoms with Crippen molar-refractivity contribution >= 4 is 44.8 Å². The number of nitrogens with zero attached hydrogens (tertiary/aromatic N) is 2. The summed E-state index contributed by atoms with van der Waals surface area (Å²) >= 11 is 1.82. The van der Waals surface area contributed by atoms with Gasteiger partial charge in [-0.2, -0.15) is 4.57 Å². The summed E-state index contributed by atoms with van der Waals surface area (Å²) in [4.78, 5) is 14.3. The first-order valence-corrected chi connectivity index (χ1v) is 13.5. The summed E-state index contributed by atoms with van der Waals surface area (Å²) in [6.07, 6.45) is 11.2. The number of carbonyl (C=O) groups is 1. The van der Waals surface area contributed by atoms with E-state index in [0.717, 1.165) is 38.8 Å². The smallest absolute Gasteiger partial charge is 0.263 e. The number of nitrogens with one attached hydrogen (secondary N) is 1. The van der Waals surface area contributed by atoms with E-state index in [-0.39, 0.29) is 5.91 Å². The Kier molecular flexibility index (Phi) is 9.09. The molecule has 0 bridgehead atoms. The normalized spacial score (nSPS) is 14.0. The first-order valence-electron chi connectivity index (χ1n) is 12.7. The van der Waals surface area contributed by atoms with E-state index in [0.29, 0.717) is 19.6 Å². The SMILES string of the molecule is CCOCCCNC(=O)CCCCCN1C=CC(=Cc2sc3ccccc3[n+]2C)c2ccccc21. The molecule has 35 heavy (non-hydrogen) atoms. The highest BCUT2D eigenvalue weighted by Gasteiger charge is 2.19. The summed E-state index contributed by atoms with van der Waals surface area (Å²) < 4.78 is 8.87. The Morgan fingerprint density at radius 3 is 2.77 bits per heavy atom. The van der Waals surface area contributed by atoms with Crippen LogP contribution in [-0.2, 0) is 16.6 Å². The van der Waals surface area contributed by atoms with Crippen molar-refractivity contribution in [2.24, 2.45) is 7.05 Å². The maximum absolute atomic E-state index is 12.0. The van der Waals surface area contributed by atoms with Crippen LogP contribution in [0.25, 0.3) is 21.9 Å². The third-order valence-electron chi connectivity index (χ3n) is 6.30. The van der Waals surface area contributed by atoms with Gasteiger partial charge in [-0.15, -0.1) is 0 Å². The number of aromatic nitrogens is 1. The molecule has 1 N–H and O–H groups in total. The first kappa shape index (κ1) is 25.1. The summed E-state index contributed by atoms with van der Waals surface area (Å²) in [6.45, 7) is 5.07. The van der Waals surface area contributed by atoms with Crippen LogP contribution in [0.3, 0.4) is 0 Å². The molecular formula is C29H36N3O2S+. The van der Waals surface area contributed by atoms with Crippen molar-refractivity contribution < 1.29 is 14.1 Å². The van der Waals surface area contributed by atoms with E-state index >= 15 is 0 Å². The maximum Gasteiger partial charge on any atom is 0.263 e. The lowest BCUT2D eigenvalue weighted by atomic mass is 9.99. The lowest BCUT2D eigenvalue weighted by Crippen LogP contribution is -2.29. The second-order valence-electron chi connectivity index (χ2n) is 8.80. The monoisotopic (exact) mass is 490 g/mol. The standard InChI is InChI=1S/C29H35N3O2S/c1-3-34-21-11-18-30-28(33)16-5-4-10-19-32-20-17-23(24-12-6-7-13-25(24)32)22-29-31(2)26-14-8-9-15-27(26)35-29/h6-9,12-15,17,20,22H,3-5,10-11,16,18-19,21H2,1-2H3/p+1. The van der Waals surface area contributed by atoms with Gasteiger partial charge in [0.2, 0.25) is 11.4 Å². The van der Waals surface area contributed by atoms with Crippen LogP contribution in [0, 0.1) is 0 Å². The van der Waals surface area contributed by atoms with Gasteiger partial charge >= 0.3 is 0 Å². The number of rotatable bonds is 12. The molecule has 4 rings (SSSR count). The summed E-state index contributed by atoms with van der Waals surface area (Å²) in [5.74, 6) is 0.147. The average Bonchev–Trinajstić information content (AvgIpc) is 3.20. The second kappa shape index (κ2) is 12.7. The molecule has 1 aliphatic rings. The zero-order chi connectivity index (χ0) is 24.5. The fourth-order valence-corrected chi connectivity index (χ4v) is 5.49. The molecule has 1 amide bonds. The zero-order valence-electron chi connectivity index (χ0n) is 20.8. The van der Waals surface area contributed by atoms with Crippen molar-refractivity contribution in [2.45, 2.75) is 39.0 Å². The number of carbonyl (C=O) groups excluding carboxylic acids is 1. The molecule has 2 aromatic carbocycles. The number of thiazole rings is 1. The van der Waals surface area contributed by atoms with Crippen LogP contribution in [0.1, 0.15) is 49.6 Å². The van der Waals surface area contributed by atoms with Crippen molar-refractivity contribution in [3.63, 3.8) is 0 Å². The number of unbranched alkanes of at least 4 members (excludes halogenated alkanes) is 2. The first-order chi connectivity index (χ1) is 17.2. The molecule has 0 unspecified atom stereocenters. The lowest BCUT2D eigenvalue weighted by Gasteiger charge is -2.27. The molecule has 2 heterocycles. The summed E-state index contributed by atoms with van der Waals surface area (Å²) in [5, 5.41) is 4.23. The molecule has 0 fully saturated rings. The number of benzene rings is 2. The Labute approximate surface area is 212 Å². The number of hydrogen-bond acceptors (Lipinski definition) is 4. The molecule has 0 saturated carbocycles. The van der Waals surface area contributed by atoms with E-state index in [2.05, 4.69) is 88.7 Å². The van der Waals surface area contributed by atoms with Crippen LogP contribution >= 0.6 is 11.3 Å². The van der Waals surface area contributed by atoms with Gasteiger partial charge in [0.15, 0.2) is 0 Å². The maximum atomic E-state index is 12.0. The van der Waals surface area contributed by atoms with Crippen molar-refractivity contribution in [2.75, 3.05) is 31.2 Å². The molecule has 0 aliphatic carbocycles. The Morgan fingerprint density at radius 2 is 1.91 bits per heavy atom. The van der Waals surface area contributed by atoms with Crippen molar-refractivity contribution in [1.82, 2.24) is 5.32 Å². The van der Waals surface area contributed by atoms with Crippen LogP contribution in [-0.4, -0.2) is 32.2 Å². The lowest BCUT2D eigenvalue weighted by molar-refractivity contribution is -0.642. The second-order valence-corrected chi connectivity index (χ2v) is 9.87. The Hall–Kier alpha value is -2.96. The predicted molar refractivity (Wildman–Crippen MR) is 146 cm³/mol. The van der Waals surface area contributed by atoms with Crippen molar-refractivity contribution in [3.8, 4) is 0 Å². The molecule has 0 atom stereocenters. The van der Waals surface area contributed by atoms with E-state index in [9.17, 15) is 4.79 Å². The van der Waals surface area contributed by atoms with E-state index < -0.39 is 0 Å². The molecule has 0 saturated heterocycles. The minimum absolute atomic E-state index is 0.147. The number of allylic oxidation sites excluding steroid dienone is 2. The summed E-state index contributed by atoms with van der Waals surface area (Å²) in [6, 6.07) is 17.2. The van der Waals surface area contributed by atoms with Gasteiger partial charge in [-0.1, -0.05) is 48.1 Å². The molecular weight excluding hydrogens is 454 g/mol. The van der Waals surface area contributed by atoms with E-state index in [1.165, 1.54) is 32.0 Å². The molecule has 6 heteroatoms. The molecule has 0 radical (unpaired) electrons. The van der Waals surface area contributed by atoms with Crippen LogP contribution in [0.2, 0.25) is 0 Å². The van der Waals surface area contributed by atoms with Crippen LogP contribution in [0.15, 0.2) is 60.8 Å². The van der Waals surface area contributed by atoms with Gasteiger partial charge in [0.05, 0.1) is 0 Å². The van der Waals surface area contributed by atoms with E-state index in [1.807, 2.05) is 18.3 Å². The predicted octanol–water partition coefficient (Wildman–Crippen LogP) is 5.70. The molecule has 3 aromatic rings. The fourth-order valence-electron chi connectivity index (χ4n) is 4.39. The highest BCUT2D eigenvalue weighted by Crippen LogP contribution is 2.35. The number of fused-ring (bicyclic) bond motifs is 2. The van der Waals surface area contributed by atoms with Gasteiger partial charge < -0.3 is 15.0 Å². The Balaban J connectivity index is 1.31. The number of ether oxygens (including phenoxy) is 1. The zero-order valence-corrected chi connectivity index (χ0v) is 21.7. The highest BCUT2D eigenvalue weighted by atomic mass is 32.1. The Morgan fingerprint density at radius 1 is 1.09 bits per heavy atom. The van der Waals surface area contributed by atoms with Crippen LogP contribution in [0.5, 0.6) is 0 Å². The number of anilines is 1. The van der Waals surface area contributed by atoms with Gasteiger partial charge in [-0.25, -0.2) is 0 Å². The largest absolute Gasteiger partial charge is 0.382 e. The van der Waals surface area contributed by atoms with Crippen LogP contribution in [0.4, 0.5) is 5.69 Å². The third kappa shape index (κ3) is 6.59. The van der Waals surface area contributed by atoms with Crippen molar-refractivity contribution in [1.29, 1.82) is 0 Å². The number of amides is 1. The number of hydrogen-bond donors (Lipinski definition) is 1. The van der Waals surface area contributed by atoms with E-state index in [1.54, 1.807) is 0 Å². The Bertz CT molecular complexity index is 1200. The third-order valence-corrected chi connectivity index (χ3v) is 7.47. The fraction of sp³-hybridized carbons (Fsp3) is 0.379. The van der Waals surface area contributed by atoms with Gasteiger partial charge in [-0.05, 0) is 50.0 Å². The minimum atomic E-state index is 0.147. The summed E-state index contributed by atoms with van der Waals surface area (Å²) in [5.41, 5.74) is 5.01. The van der Waals surface area contributed by atoms with Gasteiger partial charge in [-0.3, -0.25) is 4.79 Å². The topological polar surface area (TPSA) is 45.5 Å². The molecule has 0 spiro atoms. The molecule has 184 valence electrons. The van der Waals surface area contributed by atoms with Gasteiger partial charge in [0.25, 0.3) is 5.01 Å². The average molecular weight is 491 g/mol. The molecule has 1 aliphatic heterocycles. The highest BCUT2D eigenvalue weighted by molar-refractivity contribution is 7.18. The summed E-state index contributed by atoms with van der Waals surface area (Å²) in [7, 11) is 2.14. The molecule has 5 nitrogen and oxygen atoms in total. The molecule has 1 aromatic heterocycles. The van der Waals surface area contributed by atoms with Crippen LogP contribution < -0.4 is 14.8 Å². The van der Waals surface area contributed by atoms with Crippen molar-refractivity contribution in [3.05, 3.63) is 71.4 Å². The van der Waals surface area contributed by atoms with Gasteiger partial charge in [0, 0.05) is 62.3 Å². The quantitative estimate of drug-likeness (QED) is 0.262. The van der Waals surface area contributed by atoms with Gasteiger partial charge in [0.1, 0.15) is 11.7 Å². The minimum Gasteiger partial charge on any atom is -0.382 e. The van der Waals surface area contributed by atoms with E-state index in [4.69, 9.17) is 4.74 Å².